The van der Waals surface area contributed by atoms with Crippen LogP contribution in [0.2, 0.25) is 0 Å². The number of amides is 1. The predicted octanol–water partition coefficient (Wildman–Crippen LogP) is 2.78. The molecular formula is C22H25FN6O3S2. The van der Waals surface area contributed by atoms with Gasteiger partial charge in [0.25, 0.3) is 5.91 Å². The van der Waals surface area contributed by atoms with E-state index in [1.165, 1.54) is 28.5 Å². The van der Waals surface area contributed by atoms with Gasteiger partial charge in [0.05, 0.1) is 23.4 Å². The van der Waals surface area contributed by atoms with Gasteiger partial charge in [0.1, 0.15) is 27.2 Å². The summed E-state index contributed by atoms with van der Waals surface area (Å²) in [5.74, 6) is -0.0778. The Kier molecular flexibility index (Phi) is 6.89. The molecule has 1 aliphatic heterocycles. The molecule has 1 unspecified atom stereocenters. The number of rotatable bonds is 7. The summed E-state index contributed by atoms with van der Waals surface area (Å²) in [6, 6.07) is 6.48. The number of thiazole rings is 1. The largest absolute Gasteiger partial charge is 0.368 e. The molecule has 34 heavy (non-hydrogen) atoms. The maximum absolute atomic E-state index is 14.3. The monoisotopic (exact) mass is 504 g/mol. The lowest BCUT2D eigenvalue weighted by molar-refractivity contribution is 0.0775. The number of sulfone groups is 1. The molecule has 0 bridgehead atoms. The second-order valence-corrected chi connectivity index (χ2v) is 11.7. The van der Waals surface area contributed by atoms with Crippen molar-refractivity contribution in [1.29, 1.82) is 0 Å². The van der Waals surface area contributed by atoms with Gasteiger partial charge in [-0.2, -0.15) is 0 Å². The summed E-state index contributed by atoms with van der Waals surface area (Å²) in [5, 5.41) is 12.2. The lowest BCUT2D eigenvalue weighted by atomic mass is 9.83. The normalized spacial score (nSPS) is 17.2. The summed E-state index contributed by atoms with van der Waals surface area (Å²) < 4.78 is 37.5. The Balaban J connectivity index is 1.41. The standard InChI is InChI=1S/C22H25FN6O3S2/c1-3-22(2,19-15(23)5-4-8-24-19)14-26-18-7-6-16(27-28-18)20-25-13-17(33-20)21(30)29-9-11-34(31,32)12-10-29/h4-8,13H,3,9-12,14H2,1-2H3,(H,26,28). The maximum Gasteiger partial charge on any atom is 0.265 e. The summed E-state index contributed by atoms with van der Waals surface area (Å²) in [6.07, 6.45) is 3.74. The summed E-state index contributed by atoms with van der Waals surface area (Å²) in [5.41, 5.74) is 0.398. The second kappa shape index (κ2) is 9.71. The van der Waals surface area contributed by atoms with Crippen molar-refractivity contribution in [3.05, 3.63) is 53.0 Å². The Bertz CT molecular complexity index is 1270. The fourth-order valence-corrected chi connectivity index (χ4v) is 5.65. The number of pyridine rings is 1. The van der Waals surface area contributed by atoms with Gasteiger partial charge in [-0.05, 0) is 30.7 Å². The molecule has 1 fully saturated rings. The van der Waals surface area contributed by atoms with Crippen LogP contribution in [0, 0.1) is 5.82 Å². The molecule has 3 aromatic heterocycles. The van der Waals surface area contributed by atoms with Gasteiger partial charge in [-0.1, -0.05) is 13.8 Å². The number of hydrogen-bond acceptors (Lipinski definition) is 9. The van der Waals surface area contributed by atoms with E-state index in [1.54, 1.807) is 24.4 Å². The zero-order chi connectivity index (χ0) is 24.3. The quantitative estimate of drug-likeness (QED) is 0.522. The minimum Gasteiger partial charge on any atom is -0.368 e. The molecule has 12 heteroatoms. The Morgan fingerprint density at radius 2 is 1.97 bits per heavy atom. The highest BCUT2D eigenvalue weighted by atomic mass is 32.2. The van der Waals surface area contributed by atoms with E-state index in [4.69, 9.17) is 0 Å². The molecule has 1 saturated heterocycles. The number of aromatic nitrogens is 4. The Morgan fingerprint density at radius 1 is 1.21 bits per heavy atom. The number of nitrogens with one attached hydrogen (secondary N) is 1. The van der Waals surface area contributed by atoms with Gasteiger partial charge in [-0.15, -0.1) is 21.5 Å². The average Bonchev–Trinajstić information content (AvgIpc) is 3.33. The van der Waals surface area contributed by atoms with Crippen molar-refractivity contribution >= 4 is 32.9 Å². The molecule has 3 aromatic rings. The molecule has 4 heterocycles. The Labute approximate surface area is 201 Å². The SMILES string of the molecule is CCC(C)(CNc1ccc(-c2ncc(C(=O)N3CCS(=O)(=O)CC3)s2)nn1)c1ncccc1F. The van der Waals surface area contributed by atoms with E-state index < -0.39 is 15.3 Å². The third-order valence-corrected chi connectivity index (χ3v) is 8.62. The molecule has 1 aliphatic rings. The molecule has 1 N–H and O–H groups in total. The minimum atomic E-state index is -3.06. The number of carbonyl (C=O) groups is 1. The predicted molar refractivity (Wildman–Crippen MR) is 128 cm³/mol. The molecule has 9 nitrogen and oxygen atoms in total. The van der Waals surface area contributed by atoms with Crippen molar-refractivity contribution in [3.8, 4) is 10.7 Å². The highest BCUT2D eigenvalue weighted by Crippen LogP contribution is 2.29. The van der Waals surface area contributed by atoms with Crippen molar-refractivity contribution < 1.29 is 17.6 Å². The van der Waals surface area contributed by atoms with E-state index in [0.717, 1.165) is 0 Å². The van der Waals surface area contributed by atoms with Crippen LogP contribution < -0.4 is 5.32 Å². The van der Waals surface area contributed by atoms with E-state index >= 15 is 0 Å². The molecule has 1 amide bonds. The van der Waals surface area contributed by atoms with Gasteiger partial charge < -0.3 is 10.2 Å². The van der Waals surface area contributed by atoms with Crippen LogP contribution >= 0.6 is 11.3 Å². The smallest absolute Gasteiger partial charge is 0.265 e. The minimum absolute atomic E-state index is 0.0195. The van der Waals surface area contributed by atoms with E-state index in [9.17, 15) is 17.6 Å². The van der Waals surface area contributed by atoms with Crippen LogP contribution in [-0.4, -0.2) is 70.5 Å². The molecular weight excluding hydrogens is 479 g/mol. The zero-order valence-electron chi connectivity index (χ0n) is 18.9. The highest BCUT2D eigenvalue weighted by Gasteiger charge is 2.29. The van der Waals surface area contributed by atoms with Gasteiger partial charge in [0.2, 0.25) is 0 Å². The lowest BCUT2D eigenvalue weighted by Crippen LogP contribution is -2.43. The van der Waals surface area contributed by atoms with Crippen LogP contribution in [0.4, 0.5) is 10.2 Å². The molecule has 180 valence electrons. The Hall–Kier alpha value is -2.99. The Morgan fingerprint density at radius 3 is 2.62 bits per heavy atom. The van der Waals surface area contributed by atoms with E-state index in [0.29, 0.717) is 40.1 Å². The first kappa shape index (κ1) is 24.1. The van der Waals surface area contributed by atoms with E-state index in [1.807, 2.05) is 13.8 Å². The average molecular weight is 505 g/mol. The fourth-order valence-electron chi connectivity index (χ4n) is 3.59. The van der Waals surface area contributed by atoms with Crippen molar-refractivity contribution in [2.24, 2.45) is 0 Å². The second-order valence-electron chi connectivity index (χ2n) is 8.38. The number of hydrogen-bond donors (Lipinski definition) is 1. The molecule has 1 atom stereocenters. The van der Waals surface area contributed by atoms with Crippen LogP contribution in [0.25, 0.3) is 10.7 Å². The number of halogens is 1. The van der Waals surface area contributed by atoms with Crippen molar-refractivity contribution in [3.63, 3.8) is 0 Å². The van der Waals surface area contributed by atoms with E-state index in [2.05, 4.69) is 25.5 Å². The highest BCUT2D eigenvalue weighted by molar-refractivity contribution is 7.91. The molecule has 0 aliphatic carbocycles. The van der Waals surface area contributed by atoms with Crippen molar-refractivity contribution in [2.75, 3.05) is 36.5 Å². The molecule has 0 saturated carbocycles. The van der Waals surface area contributed by atoms with Crippen LogP contribution in [0.1, 0.15) is 35.6 Å². The van der Waals surface area contributed by atoms with Gasteiger partial charge in [0, 0.05) is 31.2 Å². The van der Waals surface area contributed by atoms with E-state index in [-0.39, 0.29) is 36.3 Å². The van der Waals surface area contributed by atoms with Crippen LogP contribution in [0.15, 0.2) is 36.7 Å². The number of carbonyl (C=O) groups excluding carboxylic acids is 1. The van der Waals surface area contributed by atoms with Crippen LogP contribution in [-0.2, 0) is 15.3 Å². The van der Waals surface area contributed by atoms with Crippen LogP contribution in [0.5, 0.6) is 0 Å². The molecule has 4 rings (SSSR count). The number of nitrogens with zero attached hydrogens (tertiary/aromatic N) is 5. The molecule has 0 aromatic carbocycles. The third kappa shape index (κ3) is 5.22. The molecule has 0 spiro atoms. The summed E-state index contributed by atoms with van der Waals surface area (Å²) in [7, 11) is -3.06. The van der Waals surface area contributed by atoms with Crippen molar-refractivity contribution in [2.45, 2.75) is 25.7 Å². The van der Waals surface area contributed by atoms with Gasteiger partial charge >= 0.3 is 0 Å². The maximum atomic E-state index is 14.3. The topological polar surface area (TPSA) is 118 Å². The van der Waals surface area contributed by atoms with Gasteiger partial charge in [0.15, 0.2) is 9.84 Å². The first-order valence-electron chi connectivity index (χ1n) is 10.9. The first-order chi connectivity index (χ1) is 16.2. The summed E-state index contributed by atoms with van der Waals surface area (Å²) in [6.45, 7) is 4.72. The fraction of sp³-hybridized carbons (Fsp3) is 0.409. The third-order valence-electron chi connectivity index (χ3n) is 6.00. The number of anilines is 1. The summed E-state index contributed by atoms with van der Waals surface area (Å²) >= 11 is 1.19. The van der Waals surface area contributed by atoms with Gasteiger partial charge in [-0.3, -0.25) is 9.78 Å². The van der Waals surface area contributed by atoms with Crippen molar-refractivity contribution in [1.82, 2.24) is 25.1 Å². The zero-order valence-corrected chi connectivity index (χ0v) is 20.5. The lowest BCUT2D eigenvalue weighted by Gasteiger charge is -2.28. The van der Waals surface area contributed by atoms with Gasteiger partial charge in [-0.25, -0.2) is 17.8 Å². The molecule has 0 radical (unpaired) electrons. The van der Waals surface area contributed by atoms with Crippen LogP contribution in [0.3, 0.4) is 0 Å². The first-order valence-corrected chi connectivity index (χ1v) is 13.5. The summed E-state index contributed by atoms with van der Waals surface area (Å²) in [4.78, 5) is 23.2.